The van der Waals surface area contributed by atoms with Crippen molar-refractivity contribution < 1.29 is 46.4 Å². The zero-order valence-corrected chi connectivity index (χ0v) is 13.0. The van der Waals surface area contributed by atoms with Gasteiger partial charge in [0.2, 0.25) is 0 Å². The quantitative estimate of drug-likeness (QED) is 0.318. The van der Waals surface area contributed by atoms with Gasteiger partial charge in [0.1, 0.15) is 5.82 Å². The fourth-order valence-electron chi connectivity index (χ4n) is 1.00. The normalized spacial score (nSPS) is 17.6. The number of nitrogens with two attached hydrogens (primary N) is 1. The van der Waals surface area contributed by atoms with E-state index in [0.717, 1.165) is 6.20 Å². The molecule has 126 valence electrons. The van der Waals surface area contributed by atoms with Gasteiger partial charge in [-0.3, -0.25) is 9.51 Å². The van der Waals surface area contributed by atoms with Crippen LogP contribution in [0.3, 0.4) is 0 Å². The van der Waals surface area contributed by atoms with E-state index in [2.05, 4.69) is 18.1 Å². The number of aromatic nitrogens is 2. The lowest BCUT2D eigenvalue weighted by molar-refractivity contribution is 0.167. The van der Waals surface area contributed by atoms with Gasteiger partial charge in [-0.25, -0.2) is 23.5 Å². The van der Waals surface area contributed by atoms with E-state index in [1.165, 1.54) is 0 Å². The molecule has 1 heterocycles. The Kier molecular flexibility index (Phi) is 5.82. The third-order valence-electron chi connectivity index (χ3n) is 1.72. The topological polar surface area (TPSA) is 232 Å². The highest BCUT2D eigenvalue weighted by Crippen LogP contribution is 2.66. The summed E-state index contributed by atoms with van der Waals surface area (Å²) in [4.78, 5) is 50.8. The van der Waals surface area contributed by atoms with Crippen molar-refractivity contribution in [3.8, 4) is 0 Å². The number of nitrogens with one attached hydrogen (secondary N) is 1. The first-order chi connectivity index (χ1) is 9.80. The van der Waals surface area contributed by atoms with Gasteiger partial charge in [-0.1, -0.05) is 0 Å². The Hall–Kier alpha value is -0.910. The van der Waals surface area contributed by atoms with Crippen LogP contribution in [-0.4, -0.2) is 29.5 Å². The molecule has 2 unspecified atom stereocenters. The van der Waals surface area contributed by atoms with E-state index >= 15 is 0 Å². The number of nitrogen functional groups attached to an aromatic ring is 1. The summed E-state index contributed by atoms with van der Waals surface area (Å²) < 4.78 is 44.1. The Bertz CT molecular complexity index is 739. The number of H-pyrrole nitrogens is 1. The molecule has 1 rings (SSSR count). The minimum atomic E-state index is -5.58. The summed E-state index contributed by atoms with van der Waals surface area (Å²) in [5.74, 6) is -0.251. The highest BCUT2D eigenvalue weighted by Gasteiger charge is 2.40. The first-order valence-electron chi connectivity index (χ1n) is 4.92. The summed E-state index contributed by atoms with van der Waals surface area (Å²) in [7, 11) is -16.3. The fourth-order valence-corrected chi connectivity index (χ4v) is 4.00. The second-order valence-electron chi connectivity index (χ2n) is 3.49. The molecule has 0 saturated heterocycles. The largest absolute Gasteiger partial charge is 0.490 e. The fraction of sp³-hybridized carbons (Fsp3) is 0.200. The molecule has 0 fully saturated rings. The van der Waals surface area contributed by atoms with Gasteiger partial charge in [0.15, 0.2) is 0 Å². The summed E-state index contributed by atoms with van der Waals surface area (Å²) in [5, 5.41) is 0. The van der Waals surface area contributed by atoms with Crippen molar-refractivity contribution in [1.82, 2.24) is 9.97 Å². The maximum Gasteiger partial charge on any atom is 0.490 e. The first-order valence-corrected chi connectivity index (χ1v) is 9.44. The lowest BCUT2D eigenvalue weighted by Gasteiger charge is -2.16. The van der Waals surface area contributed by atoms with Crippen molar-refractivity contribution in [3.05, 3.63) is 22.2 Å². The lowest BCUT2D eigenvalue weighted by atomic mass is 10.3. The first kappa shape index (κ1) is 19.1. The predicted octanol–water partition coefficient (Wildman–Crippen LogP) is -0.805. The Balaban J connectivity index is 2.75. The number of phosphoric ester groups is 1. The van der Waals surface area contributed by atoms with Crippen LogP contribution in [0.4, 0.5) is 5.82 Å². The molecule has 1 aromatic rings. The van der Waals surface area contributed by atoms with E-state index in [-0.39, 0.29) is 11.4 Å². The molecular weight excluding hydrogens is 371 g/mol. The van der Waals surface area contributed by atoms with Gasteiger partial charge in [-0.15, -0.1) is 0 Å². The molecule has 0 amide bonds. The van der Waals surface area contributed by atoms with Crippen LogP contribution in [0, 0.1) is 0 Å². The summed E-state index contributed by atoms with van der Waals surface area (Å²) >= 11 is 0. The maximum atomic E-state index is 11.4. The number of hydrogen-bond acceptors (Lipinski definition) is 9. The molecule has 0 spiro atoms. The van der Waals surface area contributed by atoms with E-state index in [4.69, 9.17) is 25.3 Å². The number of rotatable bonds is 7. The van der Waals surface area contributed by atoms with Crippen LogP contribution in [0.2, 0.25) is 0 Å². The Morgan fingerprint density at radius 1 is 1.14 bits per heavy atom. The molecule has 2 atom stereocenters. The molecule has 0 radical (unpaired) electrons. The molecule has 22 heavy (non-hydrogen) atoms. The van der Waals surface area contributed by atoms with E-state index in [9.17, 15) is 18.5 Å². The van der Waals surface area contributed by atoms with Crippen LogP contribution in [0.25, 0.3) is 0 Å². The zero-order valence-electron chi connectivity index (χ0n) is 10.3. The Morgan fingerprint density at radius 3 is 2.23 bits per heavy atom. The van der Waals surface area contributed by atoms with Crippen LogP contribution >= 0.6 is 23.5 Å². The van der Waals surface area contributed by atoms with Gasteiger partial charge in [-0.05, 0) is 0 Å². The maximum absolute atomic E-state index is 11.4. The third-order valence-corrected chi connectivity index (χ3v) is 5.51. The molecule has 0 aliphatic carbocycles. The minimum Gasteiger partial charge on any atom is -0.385 e. The van der Waals surface area contributed by atoms with Gasteiger partial charge in [0.25, 0.3) is 0 Å². The molecule has 7 N–H and O–H groups in total. The molecule has 0 aliphatic rings. The minimum absolute atomic E-state index is 0.0684. The Labute approximate surface area is 121 Å². The second kappa shape index (κ2) is 6.69. The molecule has 17 heteroatoms. The van der Waals surface area contributed by atoms with Crippen LogP contribution < -0.4 is 11.4 Å². The van der Waals surface area contributed by atoms with E-state index in [0.29, 0.717) is 0 Å². The molecule has 0 bridgehead atoms. The summed E-state index contributed by atoms with van der Waals surface area (Å²) in [5.41, 5.74) is 4.48. The summed E-state index contributed by atoms with van der Waals surface area (Å²) in [6.45, 7) is -0.778. The number of nitrogens with zero attached hydrogens (tertiary/aromatic N) is 1. The van der Waals surface area contributed by atoms with Gasteiger partial charge in [0.05, 0.1) is 6.61 Å². The number of hydrogen-bond donors (Lipinski definition) is 6. The van der Waals surface area contributed by atoms with Crippen LogP contribution in [0.5, 0.6) is 0 Å². The van der Waals surface area contributed by atoms with Crippen molar-refractivity contribution in [1.29, 1.82) is 0 Å². The highest BCUT2D eigenvalue weighted by molar-refractivity contribution is 7.66. The van der Waals surface area contributed by atoms with Crippen molar-refractivity contribution in [2.75, 3.05) is 5.73 Å². The standard InChI is InChI=1S/C5H10N3O11P3/c6-4-3(1-7-5(9)8-4)2-17-21(13,14)19-22(15,16)18-20(10,11)12/h1H,2H2,(H,13,14)(H,15,16)(H2,10,11,12)(H3,6,7,8,9). The Morgan fingerprint density at radius 2 is 1.73 bits per heavy atom. The van der Waals surface area contributed by atoms with Gasteiger partial charge in [-0.2, -0.15) is 8.62 Å². The second-order valence-corrected chi connectivity index (χ2v) is 7.91. The molecule has 0 saturated carbocycles. The molecule has 0 aromatic carbocycles. The van der Waals surface area contributed by atoms with Crippen LogP contribution in [0.1, 0.15) is 5.56 Å². The molecular formula is C5H10N3O11P3. The number of aromatic amines is 1. The zero-order chi connectivity index (χ0) is 17.2. The lowest BCUT2D eigenvalue weighted by Crippen LogP contribution is -2.14. The molecule has 14 nitrogen and oxygen atoms in total. The SMILES string of the molecule is Nc1[nH]c(=O)ncc1COP(=O)(O)OP(=O)(O)OP(=O)(O)O. The van der Waals surface area contributed by atoms with Gasteiger partial charge in [0, 0.05) is 11.8 Å². The summed E-state index contributed by atoms with van der Waals surface area (Å²) in [6, 6.07) is 0. The monoisotopic (exact) mass is 381 g/mol. The van der Waals surface area contributed by atoms with E-state index in [1.807, 2.05) is 4.98 Å². The van der Waals surface area contributed by atoms with Crippen LogP contribution in [-0.2, 0) is 33.4 Å². The summed E-state index contributed by atoms with van der Waals surface area (Å²) in [6.07, 6.45) is 0.902. The number of anilines is 1. The van der Waals surface area contributed by atoms with Crippen molar-refractivity contribution in [2.45, 2.75) is 6.61 Å². The van der Waals surface area contributed by atoms with Gasteiger partial charge < -0.3 is 25.3 Å². The highest BCUT2D eigenvalue weighted by atomic mass is 31.3. The van der Waals surface area contributed by atoms with Crippen LogP contribution in [0.15, 0.2) is 11.0 Å². The van der Waals surface area contributed by atoms with Crippen molar-refractivity contribution in [3.63, 3.8) is 0 Å². The third kappa shape index (κ3) is 6.90. The van der Waals surface area contributed by atoms with Crippen molar-refractivity contribution >= 4 is 29.3 Å². The molecule has 1 aromatic heterocycles. The average Bonchev–Trinajstić information content (AvgIpc) is 2.22. The number of phosphoric acid groups is 3. The molecule has 0 aliphatic heterocycles. The smallest absolute Gasteiger partial charge is 0.385 e. The van der Waals surface area contributed by atoms with Crippen molar-refractivity contribution in [2.24, 2.45) is 0 Å². The van der Waals surface area contributed by atoms with Gasteiger partial charge >= 0.3 is 29.2 Å². The van der Waals surface area contributed by atoms with E-state index < -0.39 is 35.8 Å². The average molecular weight is 381 g/mol. The predicted molar refractivity (Wildman–Crippen MR) is 67.9 cm³/mol. The van der Waals surface area contributed by atoms with E-state index in [1.54, 1.807) is 0 Å².